The van der Waals surface area contributed by atoms with E-state index in [1.807, 2.05) is 31.2 Å². The largest absolute Gasteiger partial charge is 0.346 e. The van der Waals surface area contributed by atoms with Crippen molar-refractivity contribution in [3.8, 4) is 0 Å². The molecule has 5 heteroatoms. The van der Waals surface area contributed by atoms with Gasteiger partial charge in [0.15, 0.2) is 0 Å². The molecule has 0 aliphatic carbocycles. The molecule has 5 nitrogen and oxygen atoms in total. The first kappa shape index (κ1) is 23.6. The number of nitrogens with one attached hydrogen (secondary N) is 3. The number of carbonyl (C=O) groups excluding carboxylic acids is 2. The number of hydrogen-bond donors (Lipinski definition) is 3. The lowest BCUT2D eigenvalue weighted by atomic mass is 9.93. The van der Waals surface area contributed by atoms with Crippen molar-refractivity contribution in [3.05, 3.63) is 65.2 Å². The van der Waals surface area contributed by atoms with Gasteiger partial charge in [0.1, 0.15) is 0 Å². The molecule has 30 heavy (non-hydrogen) atoms. The van der Waals surface area contributed by atoms with Gasteiger partial charge in [-0.15, -0.1) is 0 Å². The third-order valence-electron chi connectivity index (χ3n) is 5.23. The van der Waals surface area contributed by atoms with E-state index in [1.165, 1.54) is 5.56 Å². The van der Waals surface area contributed by atoms with Crippen LogP contribution in [-0.4, -0.2) is 24.9 Å². The van der Waals surface area contributed by atoms with Gasteiger partial charge in [-0.1, -0.05) is 77.1 Å². The maximum absolute atomic E-state index is 12.3. The number of anilines is 1. The highest BCUT2D eigenvalue weighted by Gasteiger charge is 2.17. The number of hydrogen-bond acceptors (Lipinski definition) is 3. The molecule has 0 aliphatic rings. The molecule has 2 amide bonds. The number of aryl methyl sites for hydroxylation is 1. The van der Waals surface area contributed by atoms with E-state index in [0.717, 1.165) is 23.2 Å². The Morgan fingerprint density at radius 2 is 1.47 bits per heavy atom. The quantitative estimate of drug-likeness (QED) is 0.544. The minimum absolute atomic E-state index is 0.0476. The summed E-state index contributed by atoms with van der Waals surface area (Å²) in [7, 11) is 0. The van der Waals surface area contributed by atoms with Gasteiger partial charge in [-0.2, -0.15) is 0 Å². The molecule has 0 saturated heterocycles. The average molecular weight is 410 g/mol. The van der Waals surface area contributed by atoms with Crippen LogP contribution in [0.5, 0.6) is 0 Å². The van der Waals surface area contributed by atoms with Crippen LogP contribution in [0.25, 0.3) is 0 Å². The van der Waals surface area contributed by atoms with Gasteiger partial charge >= 0.3 is 0 Å². The van der Waals surface area contributed by atoms with Crippen LogP contribution < -0.4 is 16.0 Å². The summed E-state index contributed by atoms with van der Waals surface area (Å²) in [5, 5.41) is 8.89. The van der Waals surface area contributed by atoms with Crippen LogP contribution in [-0.2, 0) is 16.0 Å². The third kappa shape index (κ3) is 6.99. The second-order valence-electron chi connectivity index (χ2n) is 8.26. The molecule has 0 unspecified atom stereocenters. The van der Waals surface area contributed by atoms with Crippen molar-refractivity contribution in [2.45, 2.75) is 53.0 Å². The van der Waals surface area contributed by atoms with Crippen molar-refractivity contribution in [2.24, 2.45) is 5.92 Å². The maximum atomic E-state index is 12.3. The first-order chi connectivity index (χ1) is 14.3. The summed E-state index contributed by atoms with van der Waals surface area (Å²) in [6, 6.07) is 16.3. The molecule has 0 aromatic heterocycles. The zero-order chi connectivity index (χ0) is 22.1. The predicted octanol–water partition coefficient (Wildman–Crippen LogP) is 4.41. The fourth-order valence-corrected chi connectivity index (χ4v) is 3.42. The minimum Gasteiger partial charge on any atom is -0.346 e. The molecule has 2 aromatic rings. The van der Waals surface area contributed by atoms with Crippen molar-refractivity contribution in [1.82, 2.24) is 10.6 Å². The molecular weight excluding hydrogens is 374 g/mol. The second-order valence-corrected chi connectivity index (χ2v) is 8.26. The molecule has 0 heterocycles. The number of rotatable bonds is 10. The predicted molar refractivity (Wildman–Crippen MR) is 124 cm³/mol. The number of benzene rings is 2. The highest BCUT2D eigenvalue weighted by Crippen LogP contribution is 2.24. The standard InChI is InChI=1S/C25H35N3O2/c1-6-19-9-7-8-10-22(19)28-24(30)16-26-23(29)15-27-25(18(4)5)21-13-11-20(12-14-21)17(2)3/h7-14,17-18,25,27H,6,15-16H2,1-5H3,(H,26,29)(H,28,30)/t25-/m0/s1. The lowest BCUT2D eigenvalue weighted by Crippen LogP contribution is -2.40. The molecule has 2 rings (SSSR count). The van der Waals surface area contributed by atoms with E-state index in [4.69, 9.17) is 0 Å². The van der Waals surface area contributed by atoms with Crippen molar-refractivity contribution >= 4 is 17.5 Å². The normalized spacial score (nSPS) is 12.1. The van der Waals surface area contributed by atoms with Crippen molar-refractivity contribution < 1.29 is 9.59 Å². The smallest absolute Gasteiger partial charge is 0.243 e. The first-order valence-electron chi connectivity index (χ1n) is 10.8. The van der Waals surface area contributed by atoms with Gasteiger partial charge in [-0.05, 0) is 41.0 Å². The van der Waals surface area contributed by atoms with Crippen molar-refractivity contribution in [3.63, 3.8) is 0 Å². The summed E-state index contributed by atoms with van der Waals surface area (Å²) in [6.07, 6.45) is 0.835. The first-order valence-corrected chi connectivity index (χ1v) is 10.8. The Balaban J connectivity index is 1.85. The van der Waals surface area contributed by atoms with Gasteiger partial charge < -0.3 is 16.0 Å². The Morgan fingerprint density at radius 1 is 0.833 bits per heavy atom. The van der Waals surface area contributed by atoms with Gasteiger partial charge in [-0.25, -0.2) is 0 Å². The van der Waals surface area contributed by atoms with Crippen LogP contribution in [0.4, 0.5) is 5.69 Å². The van der Waals surface area contributed by atoms with E-state index >= 15 is 0 Å². The lowest BCUT2D eigenvalue weighted by Gasteiger charge is -2.23. The van der Waals surface area contributed by atoms with Crippen LogP contribution in [0.3, 0.4) is 0 Å². The molecular formula is C25H35N3O2. The van der Waals surface area contributed by atoms with Gasteiger partial charge in [0.2, 0.25) is 11.8 Å². The Morgan fingerprint density at radius 3 is 2.07 bits per heavy atom. The Bertz CT molecular complexity index is 829. The van der Waals surface area contributed by atoms with Crippen LogP contribution >= 0.6 is 0 Å². The summed E-state index contributed by atoms with van der Waals surface area (Å²) in [5.74, 6) is 0.398. The van der Waals surface area contributed by atoms with Crippen LogP contribution in [0.15, 0.2) is 48.5 Å². The lowest BCUT2D eigenvalue weighted by molar-refractivity contribution is -0.123. The number of amides is 2. The maximum Gasteiger partial charge on any atom is 0.243 e. The van der Waals surface area contributed by atoms with Gasteiger partial charge in [0.25, 0.3) is 0 Å². The third-order valence-corrected chi connectivity index (χ3v) is 5.23. The average Bonchev–Trinajstić information content (AvgIpc) is 2.73. The molecule has 0 bridgehead atoms. The summed E-state index contributed by atoms with van der Waals surface area (Å²) >= 11 is 0. The van der Waals surface area contributed by atoms with E-state index in [1.54, 1.807) is 0 Å². The molecule has 0 spiro atoms. The zero-order valence-electron chi connectivity index (χ0n) is 18.8. The Labute approximate surface area is 180 Å². The zero-order valence-corrected chi connectivity index (χ0v) is 18.8. The van der Waals surface area contributed by atoms with E-state index in [9.17, 15) is 9.59 Å². The van der Waals surface area contributed by atoms with E-state index < -0.39 is 0 Å². The van der Waals surface area contributed by atoms with Gasteiger partial charge in [0.05, 0.1) is 13.1 Å². The Kier molecular flexibility index (Phi) is 9.06. The minimum atomic E-state index is -0.228. The number of para-hydroxylation sites is 1. The summed E-state index contributed by atoms with van der Waals surface area (Å²) in [4.78, 5) is 24.5. The van der Waals surface area contributed by atoms with Crippen LogP contribution in [0.2, 0.25) is 0 Å². The molecule has 2 aromatic carbocycles. The van der Waals surface area contributed by atoms with Crippen molar-refractivity contribution in [1.29, 1.82) is 0 Å². The van der Waals surface area contributed by atoms with E-state index in [0.29, 0.717) is 11.8 Å². The van der Waals surface area contributed by atoms with E-state index in [-0.39, 0.29) is 30.9 Å². The summed E-state index contributed by atoms with van der Waals surface area (Å²) < 4.78 is 0. The molecule has 162 valence electrons. The molecule has 0 saturated carbocycles. The van der Waals surface area contributed by atoms with Crippen LogP contribution in [0.1, 0.15) is 63.3 Å². The molecule has 0 fully saturated rings. The van der Waals surface area contributed by atoms with Gasteiger partial charge in [0, 0.05) is 11.7 Å². The monoisotopic (exact) mass is 409 g/mol. The van der Waals surface area contributed by atoms with Crippen LogP contribution in [0, 0.1) is 5.92 Å². The van der Waals surface area contributed by atoms with Gasteiger partial charge in [-0.3, -0.25) is 9.59 Å². The highest BCUT2D eigenvalue weighted by atomic mass is 16.2. The summed E-state index contributed by atoms with van der Waals surface area (Å²) in [6.45, 7) is 10.8. The second kappa shape index (κ2) is 11.5. The molecule has 1 atom stereocenters. The summed E-state index contributed by atoms with van der Waals surface area (Å²) in [5.41, 5.74) is 4.33. The number of carbonyl (C=O) groups is 2. The molecule has 3 N–H and O–H groups in total. The Hall–Kier alpha value is -2.66. The van der Waals surface area contributed by atoms with E-state index in [2.05, 4.69) is 67.9 Å². The topological polar surface area (TPSA) is 70.2 Å². The SMILES string of the molecule is CCc1ccccc1NC(=O)CNC(=O)CN[C@H](c1ccc(C(C)C)cc1)C(C)C. The van der Waals surface area contributed by atoms with Crippen molar-refractivity contribution in [2.75, 3.05) is 18.4 Å². The molecule has 0 aliphatic heterocycles. The molecule has 0 radical (unpaired) electrons. The fraction of sp³-hybridized carbons (Fsp3) is 0.440. The highest BCUT2D eigenvalue weighted by molar-refractivity contribution is 5.95. The fourth-order valence-electron chi connectivity index (χ4n) is 3.42.